The average molecular weight is 610 g/mol. The Balaban J connectivity index is 1.20. The van der Waals surface area contributed by atoms with Crippen LogP contribution in [-0.4, -0.2) is 23.0 Å². The summed E-state index contributed by atoms with van der Waals surface area (Å²) in [4.78, 5) is 25.4. The zero-order valence-electron chi connectivity index (χ0n) is 21.8. The number of benzene rings is 4. The van der Waals surface area contributed by atoms with Gasteiger partial charge in [0.05, 0.1) is 10.4 Å². The van der Waals surface area contributed by atoms with Crippen LogP contribution in [0.15, 0.2) is 97.1 Å². The molecule has 214 valence electrons. The van der Waals surface area contributed by atoms with Crippen molar-refractivity contribution in [1.82, 2.24) is 5.32 Å². The topological polar surface area (TPSA) is 75.6 Å². The van der Waals surface area contributed by atoms with Gasteiger partial charge in [-0.2, -0.15) is 13.2 Å². The fourth-order valence-corrected chi connectivity index (χ4v) is 5.39. The van der Waals surface area contributed by atoms with E-state index in [-0.39, 0.29) is 13.0 Å². The van der Waals surface area contributed by atoms with Gasteiger partial charge in [0, 0.05) is 16.1 Å². The number of hydrogen-bond donors (Lipinski definition) is 2. The number of carbonyl (C=O) groups excluding carboxylic acids is 1. The second kappa shape index (κ2) is 12.3. The Labute approximate surface area is 248 Å². The summed E-state index contributed by atoms with van der Waals surface area (Å²) in [6.45, 7) is 0.0711. The summed E-state index contributed by atoms with van der Waals surface area (Å²) in [6.07, 6.45) is -4.35. The standard InChI is InChI=1S/C32H23ClF3NO4S/c33-25-10-5-21(6-11-25)22-7-14-28-23(16-22)17-29(42-28)30(38)37-27(31(39)40)15-19-3-12-26(13-4-19)41-18-20-1-8-24(9-2-20)32(34,35)36/h1-14,16-17,27H,15,18H2,(H,37,38)(H,39,40)/t27-/m0/s1. The molecule has 0 fully saturated rings. The Morgan fingerprint density at radius 1 is 0.857 bits per heavy atom. The zero-order chi connectivity index (χ0) is 29.9. The molecule has 0 saturated heterocycles. The molecule has 0 radical (unpaired) electrons. The van der Waals surface area contributed by atoms with E-state index in [1.807, 2.05) is 42.5 Å². The molecule has 42 heavy (non-hydrogen) atoms. The number of carbonyl (C=O) groups is 2. The summed E-state index contributed by atoms with van der Waals surface area (Å²) >= 11 is 7.27. The van der Waals surface area contributed by atoms with Crippen LogP contribution in [0, 0.1) is 0 Å². The van der Waals surface area contributed by atoms with Crippen molar-refractivity contribution in [3.63, 3.8) is 0 Å². The molecule has 5 aromatic rings. The largest absolute Gasteiger partial charge is 0.489 e. The lowest BCUT2D eigenvalue weighted by Gasteiger charge is -2.14. The van der Waals surface area contributed by atoms with Crippen molar-refractivity contribution in [2.75, 3.05) is 0 Å². The van der Waals surface area contributed by atoms with E-state index in [4.69, 9.17) is 16.3 Å². The van der Waals surface area contributed by atoms with Crippen LogP contribution in [0.25, 0.3) is 21.2 Å². The quantitative estimate of drug-likeness (QED) is 0.176. The number of alkyl halides is 3. The van der Waals surface area contributed by atoms with Crippen LogP contribution in [-0.2, 0) is 24.0 Å². The number of nitrogens with one attached hydrogen (secondary N) is 1. The highest BCUT2D eigenvalue weighted by molar-refractivity contribution is 7.20. The Bertz CT molecular complexity index is 1720. The Hall–Kier alpha value is -4.34. The van der Waals surface area contributed by atoms with E-state index >= 15 is 0 Å². The molecule has 0 unspecified atom stereocenters. The molecule has 0 aliphatic rings. The number of hydrogen-bond acceptors (Lipinski definition) is 4. The number of carboxylic acid groups (broad SMARTS) is 1. The van der Waals surface area contributed by atoms with Crippen molar-refractivity contribution in [2.24, 2.45) is 0 Å². The van der Waals surface area contributed by atoms with E-state index in [1.54, 1.807) is 30.3 Å². The van der Waals surface area contributed by atoms with E-state index in [9.17, 15) is 27.9 Å². The summed E-state index contributed by atoms with van der Waals surface area (Å²) in [6, 6.07) is 25.3. The molecule has 2 N–H and O–H groups in total. The molecule has 0 aliphatic carbocycles. The summed E-state index contributed by atoms with van der Waals surface area (Å²) in [5, 5.41) is 13.9. The van der Waals surface area contributed by atoms with Gasteiger partial charge in [-0.05, 0) is 82.2 Å². The number of aliphatic carboxylic acids is 1. The smallest absolute Gasteiger partial charge is 0.416 e. The lowest BCUT2D eigenvalue weighted by molar-refractivity contribution is -0.139. The molecule has 0 bridgehead atoms. The Morgan fingerprint density at radius 3 is 2.14 bits per heavy atom. The van der Waals surface area contributed by atoms with Gasteiger partial charge in [0.1, 0.15) is 18.4 Å². The molecule has 0 aliphatic heterocycles. The lowest BCUT2D eigenvalue weighted by atomic mass is 10.0. The fourth-order valence-electron chi connectivity index (χ4n) is 4.32. The SMILES string of the molecule is O=C(N[C@@H](Cc1ccc(OCc2ccc(C(F)(F)F)cc2)cc1)C(=O)O)c1cc2cc(-c3ccc(Cl)cc3)ccc2s1. The maximum absolute atomic E-state index is 13.0. The first kappa shape index (κ1) is 29.2. The third kappa shape index (κ3) is 7.10. The summed E-state index contributed by atoms with van der Waals surface area (Å²) in [5.41, 5.74) is 2.46. The van der Waals surface area contributed by atoms with E-state index in [1.165, 1.54) is 23.5 Å². The first-order valence-electron chi connectivity index (χ1n) is 12.8. The van der Waals surface area contributed by atoms with Crippen molar-refractivity contribution in [2.45, 2.75) is 25.2 Å². The van der Waals surface area contributed by atoms with Gasteiger partial charge in [-0.25, -0.2) is 4.79 Å². The van der Waals surface area contributed by atoms with Gasteiger partial charge in [-0.1, -0.05) is 54.1 Å². The molecule has 1 atom stereocenters. The number of amides is 1. The normalized spacial score (nSPS) is 12.2. The first-order valence-corrected chi connectivity index (χ1v) is 14.0. The van der Waals surface area contributed by atoms with Gasteiger partial charge in [0.25, 0.3) is 5.91 Å². The lowest BCUT2D eigenvalue weighted by Crippen LogP contribution is -2.42. The average Bonchev–Trinajstić information content (AvgIpc) is 3.40. The Morgan fingerprint density at radius 2 is 1.50 bits per heavy atom. The maximum atomic E-state index is 13.0. The number of fused-ring (bicyclic) bond motifs is 1. The minimum absolute atomic E-state index is 0.0475. The van der Waals surface area contributed by atoms with Gasteiger partial charge in [0.15, 0.2) is 0 Å². The molecule has 10 heteroatoms. The van der Waals surface area contributed by atoms with E-state index in [0.29, 0.717) is 26.8 Å². The molecule has 5 rings (SSSR count). The highest BCUT2D eigenvalue weighted by Crippen LogP contribution is 2.31. The van der Waals surface area contributed by atoms with E-state index in [2.05, 4.69) is 5.32 Å². The number of ether oxygens (including phenoxy) is 1. The summed E-state index contributed by atoms with van der Waals surface area (Å²) in [5.74, 6) is -1.18. The van der Waals surface area contributed by atoms with Crippen molar-refractivity contribution < 1.29 is 32.6 Å². The first-order chi connectivity index (χ1) is 20.0. The number of halogens is 4. The highest BCUT2D eigenvalue weighted by atomic mass is 35.5. The van der Waals surface area contributed by atoms with Crippen molar-refractivity contribution in [3.8, 4) is 16.9 Å². The van der Waals surface area contributed by atoms with Crippen LogP contribution >= 0.6 is 22.9 Å². The second-order valence-corrected chi connectivity index (χ2v) is 11.1. The number of carboxylic acids is 1. The van der Waals surface area contributed by atoms with Crippen LogP contribution in [0.1, 0.15) is 26.4 Å². The Kier molecular flexibility index (Phi) is 8.51. The van der Waals surface area contributed by atoms with Gasteiger partial charge >= 0.3 is 12.1 Å². The monoisotopic (exact) mass is 609 g/mol. The van der Waals surface area contributed by atoms with Crippen LogP contribution in [0.3, 0.4) is 0 Å². The minimum Gasteiger partial charge on any atom is -0.489 e. The molecular formula is C32H23ClF3NO4S. The van der Waals surface area contributed by atoms with Crippen molar-refractivity contribution in [3.05, 3.63) is 124 Å². The molecule has 1 heterocycles. The number of thiophene rings is 1. The molecular weight excluding hydrogens is 587 g/mol. The molecule has 1 amide bonds. The third-order valence-electron chi connectivity index (χ3n) is 6.57. The predicted molar refractivity (Wildman–Crippen MR) is 157 cm³/mol. The second-order valence-electron chi connectivity index (χ2n) is 9.57. The van der Waals surface area contributed by atoms with E-state index < -0.39 is 29.7 Å². The maximum Gasteiger partial charge on any atom is 0.416 e. The summed E-state index contributed by atoms with van der Waals surface area (Å²) in [7, 11) is 0. The van der Waals surface area contributed by atoms with E-state index in [0.717, 1.165) is 33.3 Å². The van der Waals surface area contributed by atoms with Crippen LogP contribution in [0.2, 0.25) is 5.02 Å². The molecule has 4 aromatic carbocycles. The predicted octanol–water partition coefficient (Wildman–Crippen LogP) is 8.25. The fraction of sp³-hybridized carbons (Fsp3) is 0.125. The van der Waals surface area contributed by atoms with Gasteiger partial charge in [-0.3, -0.25) is 4.79 Å². The van der Waals surface area contributed by atoms with Crippen molar-refractivity contribution in [1.29, 1.82) is 0 Å². The third-order valence-corrected chi connectivity index (χ3v) is 7.94. The minimum atomic E-state index is -4.40. The van der Waals surface area contributed by atoms with Gasteiger partial charge in [0.2, 0.25) is 0 Å². The zero-order valence-corrected chi connectivity index (χ0v) is 23.4. The van der Waals surface area contributed by atoms with Crippen LogP contribution in [0.4, 0.5) is 13.2 Å². The molecule has 0 saturated carbocycles. The van der Waals surface area contributed by atoms with Gasteiger partial charge < -0.3 is 15.2 Å². The van der Waals surface area contributed by atoms with Crippen LogP contribution in [0.5, 0.6) is 5.75 Å². The molecule has 5 nitrogen and oxygen atoms in total. The van der Waals surface area contributed by atoms with Crippen molar-refractivity contribution >= 4 is 44.9 Å². The number of rotatable bonds is 9. The summed E-state index contributed by atoms with van der Waals surface area (Å²) < 4.78 is 44.7. The molecule has 0 spiro atoms. The van der Waals surface area contributed by atoms with Crippen LogP contribution < -0.4 is 10.1 Å². The van der Waals surface area contributed by atoms with Gasteiger partial charge in [-0.15, -0.1) is 11.3 Å². The highest BCUT2D eigenvalue weighted by Gasteiger charge is 2.30. The molecule has 1 aromatic heterocycles.